The van der Waals surface area contributed by atoms with Crippen LogP contribution in [0.2, 0.25) is 0 Å². The van der Waals surface area contributed by atoms with E-state index in [9.17, 15) is 24.0 Å². The molecule has 2 atom stereocenters. The van der Waals surface area contributed by atoms with Crippen LogP contribution in [0.4, 0.5) is 9.93 Å². The molecule has 2 aliphatic rings. The molecule has 4 amide bonds. The van der Waals surface area contributed by atoms with E-state index in [1.807, 2.05) is 91.0 Å². The molecule has 8 rings (SSSR count). The van der Waals surface area contributed by atoms with Crippen LogP contribution in [-0.2, 0) is 47.4 Å². The number of hydrogen-bond donors (Lipinski definition) is 3. The summed E-state index contributed by atoms with van der Waals surface area (Å²) in [6.07, 6.45) is 0.957. The van der Waals surface area contributed by atoms with Gasteiger partial charge < -0.3 is 30.1 Å². The highest BCUT2D eigenvalue weighted by Gasteiger charge is 2.55. The summed E-state index contributed by atoms with van der Waals surface area (Å²) in [5.41, 5.74) is 7.15. The number of benzene rings is 4. The molecule has 17 nitrogen and oxygen atoms in total. The smallest absolute Gasteiger partial charge is 0.414 e. The van der Waals surface area contributed by atoms with Crippen LogP contribution in [0.5, 0.6) is 5.75 Å². The van der Waals surface area contributed by atoms with Gasteiger partial charge in [-0.2, -0.15) is 13.9 Å². The van der Waals surface area contributed by atoms with Gasteiger partial charge in [-0.3, -0.25) is 24.6 Å². The van der Waals surface area contributed by atoms with Gasteiger partial charge in [0.2, 0.25) is 22.3 Å². The number of aromatic nitrogens is 3. The molecule has 4 heterocycles. The number of ether oxygens (including phenoxy) is 3. The number of nitrogens with two attached hydrogens (primary N) is 1. The van der Waals surface area contributed by atoms with Gasteiger partial charge >= 0.3 is 12.1 Å². The zero-order chi connectivity index (χ0) is 49.6. The number of β-lactam (4-membered cyclic amide) rings is 1. The second-order valence-corrected chi connectivity index (χ2v) is 19.0. The van der Waals surface area contributed by atoms with Crippen LogP contribution in [0.25, 0.3) is 0 Å². The summed E-state index contributed by atoms with van der Waals surface area (Å²) >= 11 is 2.11. The number of nitrogens with one attached hydrogen (secondary N) is 2. The zero-order valence-corrected chi connectivity index (χ0v) is 40.4. The molecule has 6 aromatic rings. The SMILES string of the molecule is COc1ccc(COC(=O)C2=C(C[n+]3cccc(C(N)=O)c3C)CS[C@H]3[C@H](NC(=O)C(=NOC(c4ccccc4)(c4ccccc4)c4ccccc4)c4nsc(NC(=O)OC(C)(C)C)n4)C(=O)N23)cc1. The topological polar surface area (TPSA) is 218 Å². The largest absolute Gasteiger partial charge is 0.497 e. The number of anilines is 1. The summed E-state index contributed by atoms with van der Waals surface area (Å²) in [5.74, 6) is -2.20. The maximum atomic E-state index is 14.8. The summed E-state index contributed by atoms with van der Waals surface area (Å²) in [6, 6.07) is 37.2. The van der Waals surface area contributed by atoms with Crippen molar-refractivity contribution in [1.82, 2.24) is 19.6 Å². The minimum absolute atomic E-state index is 0.00357. The first kappa shape index (κ1) is 48.6. The second kappa shape index (κ2) is 20.8. The van der Waals surface area contributed by atoms with E-state index >= 15 is 0 Å². The maximum absolute atomic E-state index is 14.8. The Morgan fingerprint density at radius 2 is 1.49 bits per heavy atom. The third kappa shape index (κ3) is 10.4. The van der Waals surface area contributed by atoms with Crippen molar-refractivity contribution in [2.24, 2.45) is 10.9 Å². The fourth-order valence-corrected chi connectivity index (χ4v) is 9.84. The van der Waals surface area contributed by atoms with E-state index in [1.165, 1.54) is 16.7 Å². The third-order valence-electron chi connectivity index (χ3n) is 11.3. The summed E-state index contributed by atoms with van der Waals surface area (Å²) in [7, 11) is 1.55. The van der Waals surface area contributed by atoms with Crippen molar-refractivity contribution in [3.05, 3.63) is 184 Å². The summed E-state index contributed by atoms with van der Waals surface area (Å²) < 4.78 is 22.7. The molecular weight excluding hydrogens is 933 g/mol. The number of thioether (sulfide) groups is 1. The molecule has 0 saturated carbocycles. The van der Waals surface area contributed by atoms with Crippen LogP contribution in [0.15, 0.2) is 150 Å². The Bertz CT molecular complexity index is 2880. The third-order valence-corrected chi connectivity index (χ3v) is 13.3. The van der Waals surface area contributed by atoms with Crippen molar-refractivity contribution < 1.29 is 47.6 Å². The molecule has 0 bridgehead atoms. The molecule has 4 N–H and O–H groups in total. The lowest BCUT2D eigenvalue weighted by atomic mass is 9.80. The number of pyridine rings is 1. The number of primary amides is 1. The molecule has 0 spiro atoms. The van der Waals surface area contributed by atoms with Crippen molar-refractivity contribution >= 4 is 63.9 Å². The number of oxime groups is 1. The van der Waals surface area contributed by atoms with Gasteiger partial charge in [0, 0.05) is 52.5 Å². The second-order valence-electron chi connectivity index (χ2n) is 17.1. The van der Waals surface area contributed by atoms with Crippen molar-refractivity contribution in [2.45, 2.75) is 63.5 Å². The summed E-state index contributed by atoms with van der Waals surface area (Å²) in [4.78, 5) is 81.1. The van der Waals surface area contributed by atoms with E-state index in [0.29, 0.717) is 44.8 Å². The Kier molecular flexibility index (Phi) is 14.4. The van der Waals surface area contributed by atoms with Gasteiger partial charge in [0.15, 0.2) is 18.4 Å². The minimum Gasteiger partial charge on any atom is -0.497 e. The molecule has 1 saturated heterocycles. The Balaban J connectivity index is 1.15. The molecule has 0 unspecified atom stereocenters. The van der Waals surface area contributed by atoms with E-state index in [1.54, 1.807) is 82.0 Å². The molecular formula is C51H49N8O9S2+. The van der Waals surface area contributed by atoms with E-state index in [0.717, 1.165) is 11.5 Å². The number of fused-ring (bicyclic) bond motifs is 1. The van der Waals surface area contributed by atoms with Gasteiger partial charge in [0.1, 0.15) is 40.6 Å². The molecule has 70 heavy (non-hydrogen) atoms. The van der Waals surface area contributed by atoms with Crippen molar-refractivity contribution in [3.8, 4) is 5.75 Å². The highest BCUT2D eigenvalue weighted by atomic mass is 32.2. The fourth-order valence-electron chi connectivity index (χ4n) is 7.95. The first-order valence-electron chi connectivity index (χ1n) is 22.0. The zero-order valence-electron chi connectivity index (χ0n) is 38.8. The van der Waals surface area contributed by atoms with Crippen molar-refractivity contribution in [2.75, 3.05) is 18.2 Å². The van der Waals surface area contributed by atoms with Crippen LogP contribution in [0.1, 0.15) is 64.9 Å². The first-order chi connectivity index (χ1) is 33.7. The Hall–Kier alpha value is -7.90. The molecule has 358 valence electrons. The van der Waals surface area contributed by atoms with E-state index in [2.05, 4.69) is 25.1 Å². The van der Waals surface area contributed by atoms with E-state index in [-0.39, 0.29) is 35.6 Å². The average Bonchev–Trinajstić information content (AvgIpc) is 3.81. The van der Waals surface area contributed by atoms with Gasteiger partial charge in [-0.15, -0.1) is 11.8 Å². The summed E-state index contributed by atoms with van der Waals surface area (Å²) in [6.45, 7) is 6.89. The predicted molar refractivity (Wildman–Crippen MR) is 261 cm³/mol. The van der Waals surface area contributed by atoms with E-state index in [4.69, 9.17) is 24.8 Å². The normalized spacial score (nSPS) is 15.8. The van der Waals surface area contributed by atoms with E-state index < -0.39 is 58.1 Å². The van der Waals surface area contributed by atoms with Crippen LogP contribution >= 0.6 is 23.3 Å². The molecule has 19 heteroatoms. The molecule has 4 aromatic carbocycles. The van der Waals surface area contributed by atoms with Crippen LogP contribution < -0.4 is 25.7 Å². The number of nitrogens with zero attached hydrogens (tertiary/aromatic N) is 5. The number of esters is 1. The Morgan fingerprint density at radius 3 is 2.06 bits per heavy atom. The van der Waals surface area contributed by atoms with Gasteiger partial charge in [-0.05, 0) is 44.5 Å². The molecule has 1 fully saturated rings. The number of amides is 4. The van der Waals surface area contributed by atoms with Crippen molar-refractivity contribution in [3.63, 3.8) is 0 Å². The standard InChI is InChI=1S/C51H48N8O9S2/c1-31-38(42(52)60)22-15-27-58(31)28-33-30-69-46-40(45(62)59(46)41(33)47(63)66-29-32-23-25-37(65-5)26-24-32)53-44(61)39(43-54-48(70-57-43)55-49(64)67-50(2,3)4)56-68-51(34-16-9-6-10-17-34,35-18-11-7-12-19-35)36-20-13-8-14-21-36/h6-27,40,46H,28-30H2,1-5H3,(H3-,52,53,54,55,57,60,61,64)/p+1/t40-,46+/m1/s1. The number of carbonyl (C=O) groups excluding carboxylic acids is 5. The maximum Gasteiger partial charge on any atom is 0.414 e. The van der Waals surface area contributed by atoms with Gasteiger partial charge in [0.05, 0.1) is 7.11 Å². The van der Waals surface area contributed by atoms with Gasteiger partial charge in [0.25, 0.3) is 17.7 Å². The highest BCUT2D eigenvalue weighted by molar-refractivity contribution is 8.00. The first-order valence-corrected chi connectivity index (χ1v) is 23.8. The van der Waals surface area contributed by atoms with Crippen LogP contribution in [0, 0.1) is 6.92 Å². The number of rotatable bonds is 16. The van der Waals surface area contributed by atoms with Crippen LogP contribution in [-0.4, -0.2) is 79.6 Å². The Labute approximate surface area is 411 Å². The summed E-state index contributed by atoms with van der Waals surface area (Å²) in [5, 5.41) is 9.19. The number of carbonyl (C=O) groups is 5. The number of hydrogen-bond acceptors (Lipinski definition) is 14. The highest BCUT2D eigenvalue weighted by Crippen LogP contribution is 2.42. The Morgan fingerprint density at radius 1 is 0.871 bits per heavy atom. The molecule has 0 aliphatic carbocycles. The fraction of sp³-hybridized carbons (Fsp3) is 0.235. The average molecular weight is 982 g/mol. The molecule has 2 aromatic heterocycles. The minimum atomic E-state index is -1.43. The lowest BCUT2D eigenvalue weighted by molar-refractivity contribution is -0.695. The lowest BCUT2D eigenvalue weighted by Crippen LogP contribution is -2.71. The number of methoxy groups -OCH3 is 1. The van der Waals surface area contributed by atoms with Gasteiger partial charge in [-0.1, -0.05) is 108 Å². The molecule has 2 aliphatic heterocycles. The monoisotopic (exact) mass is 981 g/mol. The quantitative estimate of drug-likeness (QED) is 0.0240. The molecule has 0 radical (unpaired) electrons. The van der Waals surface area contributed by atoms with Crippen LogP contribution in [0.3, 0.4) is 0 Å². The predicted octanol–water partition coefficient (Wildman–Crippen LogP) is 6.40. The lowest BCUT2D eigenvalue weighted by Gasteiger charge is -2.49. The van der Waals surface area contributed by atoms with Crippen molar-refractivity contribution in [1.29, 1.82) is 0 Å². The van der Waals surface area contributed by atoms with Gasteiger partial charge in [-0.25, -0.2) is 9.59 Å².